The lowest BCUT2D eigenvalue weighted by Crippen LogP contribution is -2.30. The van der Waals surface area contributed by atoms with Crippen molar-refractivity contribution in [2.45, 2.75) is 53.5 Å². The van der Waals surface area contributed by atoms with Gasteiger partial charge in [0.2, 0.25) is 0 Å². The molecule has 1 aromatic rings. The number of carbonyl (C=O) groups is 1. The minimum atomic E-state index is -0.0245. The number of nitrogens with two attached hydrogens (primary N) is 1. The zero-order valence-electron chi connectivity index (χ0n) is 12.2. The number of benzene rings is 1. The van der Waals surface area contributed by atoms with E-state index in [1.165, 1.54) is 22.3 Å². The van der Waals surface area contributed by atoms with Gasteiger partial charge in [0, 0.05) is 18.9 Å². The van der Waals surface area contributed by atoms with Crippen molar-refractivity contribution >= 4 is 5.78 Å². The van der Waals surface area contributed by atoms with E-state index in [4.69, 9.17) is 5.73 Å². The van der Waals surface area contributed by atoms with Gasteiger partial charge in [-0.15, -0.1) is 0 Å². The quantitative estimate of drug-likeness (QED) is 0.869. The average molecular weight is 247 g/mol. The molecule has 0 fully saturated rings. The van der Waals surface area contributed by atoms with Crippen LogP contribution in [-0.2, 0) is 11.2 Å². The van der Waals surface area contributed by atoms with Gasteiger partial charge in [0.05, 0.1) is 0 Å². The lowest BCUT2D eigenvalue weighted by Gasteiger charge is -2.16. The van der Waals surface area contributed by atoms with Crippen molar-refractivity contribution in [1.82, 2.24) is 0 Å². The Bertz CT molecular complexity index is 412. The lowest BCUT2D eigenvalue weighted by atomic mass is 9.92. The van der Waals surface area contributed by atoms with Crippen LogP contribution in [0, 0.1) is 26.7 Å². The highest BCUT2D eigenvalue weighted by atomic mass is 16.1. The molecule has 0 saturated heterocycles. The van der Waals surface area contributed by atoms with E-state index in [1.54, 1.807) is 0 Å². The van der Waals surface area contributed by atoms with Gasteiger partial charge in [-0.3, -0.25) is 4.79 Å². The molecule has 2 nitrogen and oxygen atoms in total. The Kier molecular flexibility index (Phi) is 5.09. The van der Waals surface area contributed by atoms with E-state index >= 15 is 0 Å². The fraction of sp³-hybridized carbons (Fsp3) is 0.562. The Labute approximate surface area is 111 Å². The Balaban J connectivity index is 2.77. The van der Waals surface area contributed by atoms with Crippen molar-refractivity contribution in [3.8, 4) is 0 Å². The fourth-order valence-corrected chi connectivity index (χ4v) is 2.26. The molecule has 0 aliphatic carbocycles. The molecule has 2 heteroatoms. The van der Waals surface area contributed by atoms with Gasteiger partial charge >= 0.3 is 0 Å². The van der Waals surface area contributed by atoms with Crippen LogP contribution in [0.15, 0.2) is 12.1 Å². The van der Waals surface area contributed by atoms with Gasteiger partial charge in [-0.2, -0.15) is 0 Å². The maximum absolute atomic E-state index is 12.0. The van der Waals surface area contributed by atoms with Crippen LogP contribution >= 0.6 is 0 Å². The lowest BCUT2D eigenvalue weighted by molar-refractivity contribution is -0.119. The standard InChI is InChI=1S/C16H25NO/c1-10(2)16(17)9-14(18)8-15-12(4)6-11(3)7-13(15)5/h6-7,10,16H,8-9,17H2,1-5H3. The minimum absolute atomic E-state index is 0.0245. The van der Waals surface area contributed by atoms with Gasteiger partial charge in [-0.05, 0) is 43.4 Å². The van der Waals surface area contributed by atoms with Gasteiger partial charge in [-0.25, -0.2) is 0 Å². The highest BCUT2D eigenvalue weighted by Gasteiger charge is 2.15. The van der Waals surface area contributed by atoms with Crippen molar-refractivity contribution in [2.24, 2.45) is 11.7 Å². The molecule has 1 rings (SSSR count). The third-order valence-electron chi connectivity index (χ3n) is 3.53. The predicted octanol–water partition coefficient (Wildman–Crippen LogP) is 3.10. The van der Waals surface area contributed by atoms with E-state index in [0.717, 1.165) is 0 Å². The third-order valence-corrected chi connectivity index (χ3v) is 3.53. The molecular weight excluding hydrogens is 222 g/mol. The van der Waals surface area contributed by atoms with Gasteiger partial charge in [0.25, 0.3) is 0 Å². The summed E-state index contributed by atoms with van der Waals surface area (Å²) in [4.78, 5) is 12.0. The Morgan fingerprint density at radius 2 is 1.67 bits per heavy atom. The van der Waals surface area contributed by atoms with Crippen molar-refractivity contribution in [2.75, 3.05) is 0 Å². The first-order chi connectivity index (χ1) is 8.31. The van der Waals surface area contributed by atoms with E-state index in [-0.39, 0.29) is 11.8 Å². The Morgan fingerprint density at radius 1 is 1.17 bits per heavy atom. The van der Waals surface area contributed by atoms with E-state index in [9.17, 15) is 4.79 Å². The van der Waals surface area contributed by atoms with Crippen molar-refractivity contribution < 1.29 is 4.79 Å². The zero-order valence-corrected chi connectivity index (χ0v) is 12.2. The monoisotopic (exact) mass is 247 g/mol. The number of Topliss-reactive ketones (excluding diaryl/α,β-unsaturated/α-hetero) is 1. The third kappa shape index (κ3) is 3.95. The van der Waals surface area contributed by atoms with Crippen LogP contribution in [-0.4, -0.2) is 11.8 Å². The van der Waals surface area contributed by atoms with Crippen LogP contribution in [0.4, 0.5) is 0 Å². The SMILES string of the molecule is Cc1cc(C)c(CC(=O)CC(N)C(C)C)c(C)c1. The number of hydrogen-bond acceptors (Lipinski definition) is 2. The van der Waals surface area contributed by atoms with Gasteiger partial charge in [-0.1, -0.05) is 31.5 Å². The van der Waals surface area contributed by atoms with Crippen LogP contribution in [0.25, 0.3) is 0 Å². The first-order valence-electron chi connectivity index (χ1n) is 6.65. The highest BCUT2D eigenvalue weighted by molar-refractivity contribution is 5.82. The molecule has 0 radical (unpaired) electrons. The van der Waals surface area contributed by atoms with Gasteiger partial charge in [0.15, 0.2) is 0 Å². The molecule has 0 heterocycles. The topological polar surface area (TPSA) is 43.1 Å². The van der Waals surface area contributed by atoms with E-state index in [2.05, 4.69) is 46.8 Å². The Hall–Kier alpha value is -1.15. The van der Waals surface area contributed by atoms with Crippen molar-refractivity contribution in [1.29, 1.82) is 0 Å². The van der Waals surface area contributed by atoms with Crippen LogP contribution in [0.5, 0.6) is 0 Å². The molecule has 0 spiro atoms. The summed E-state index contributed by atoms with van der Waals surface area (Å²) in [5.41, 5.74) is 10.8. The summed E-state index contributed by atoms with van der Waals surface area (Å²) in [6.45, 7) is 10.3. The van der Waals surface area contributed by atoms with Crippen LogP contribution < -0.4 is 5.73 Å². The van der Waals surface area contributed by atoms with Crippen molar-refractivity contribution in [3.63, 3.8) is 0 Å². The smallest absolute Gasteiger partial charge is 0.138 e. The summed E-state index contributed by atoms with van der Waals surface area (Å²) >= 11 is 0. The number of aryl methyl sites for hydroxylation is 3. The summed E-state index contributed by atoms with van der Waals surface area (Å²) in [6, 6.07) is 4.25. The van der Waals surface area contributed by atoms with E-state index in [1.807, 2.05) is 0 Å². The second-order valence-electron chi connectivity index (χ2n) is 5.70. The molecular formula is C16H25NO. The molecule has 1 aromatic carbocycles. The molecule has 0 amide bonds. The Morgan fingerprint density at radius 3 is 2.11 bits per heavy atom. The summed E-state index contributed by atoms with van der Waals surface area (Å²) < 4.78 is 0. The molecule has 0 saturated carbocycles. The number of ketones is 1. The molecule has 18 heavy (non-hydrogen) atoms. The first-order valence-corrected chi connectivity index (χ1v) is 6.65. The maximum atomic E-state index is 12.0. The molecule has 0 bridgehead atoms. The first kappa shape index (κ1) is 14.9. The second-order valence-corrected chi connectivity index (χ2v) is 5.70. The van der Waals surface area contributed by atoms with Gasteiger partial charge < -0.3 is 5.73 Å². The second kappa shape index (κ2) is 6.14. The van der Waals surface area contributed by atoms with Crippen LogP contribution in [0.3, 0.4) is 0 Å². The average Bonchev–Trinajstić information content (AvgIpc) is 2.23. The van der Waals surface area contributed by atoms with E-state index in [0.29, 0.717) is 18.8 Å². The predicted molar refractivity (Wildman–Crippen MR) is 76.8 cm³/mol. The zero-order chi connectivity index (χ0) is 13.9. The molecule has 0 aliphatic rings. The molecule has 1 unspecified atom stereocenters. The molecule has 0 aliphatic heterocycles. The summed E-state index contributed by atoms with van der Waals surface area (Å²) in [6.07, 6.45) is 0.989. The molecule has 0 aromatic heterocycles. The fourth-order valence-electron chi connectivity index (χ4n) is 2.26. The highest BCUT2D eigenvalue weighted by Crippen LogP contribution is 2.18. The largest absolute Gasteiger partial charge is 0.327 e. The minimum Gasteiger partial charge on any atom is -0.327 e. The summed E-state index contributed by atoms with van der Waals surface area (Å²) in [5.74, 6) is 0.598. The van der Waals surface area contributed by atoms with E-state index < -0.39 is 0 Å². The normalized spacial score (nSPS) is 12.8. The number of hydrogen-bond donors (Lipinski definition) is 1. The van der Waals surface area contributed by atoms with Crippen LogP contribution in [0.1, 0.15) is 42.5 Å². The maximum Gasteiger partial charge on any atom is 0.138 e. The molecule has 2 N–H and O–H groups in total. The summed E-state index contributed by atoms with van der Waals surface area (Å²) in [5, 5.41) is 0. The van der Waals surface area contributed by atoms with Crippen molar-refractivity contribution in [3.05, 3.63) is 34.4 Å². The molecule has 1 atom stereocenters. The van der Waals surface area contributed by atoms with Crippen LogP contribution in [0.2, 0.25) is 0 Å². The van der Waals surface area contributed by atoms with Gasteiger partial charge in [0.1, 0.15) is 5.78 Å². The number of rotatable bonds is 5. The molecule has 100 valence electrons. The number of carbonyl (C=O) groups excluding carboxylic acids is 1. The summed E-state index contributed by atoms with van der Waals surface area (Å²) in [7, 11) is 0.